The zero-order chi connectivity index (χ0) is 20.8. The van der Waals surface area contributed by atoms with Gasteiger partial charge in [-0.15, -0.1) is 0 Å². The number of fused-ring (bicyclic) bond motifs is 2. The molecule has 4 aromatic rings. The lowest BCUT2D eigenvalue weighted by molar-refractivity contribution is 0.248. The van der Waals surface area contributed by atoms with Gasteiger partial charge in [-0.1, -0.05) is 12.1 Å². The average molecular weight is 403 g/mol. The highest BCUT2D eigenvalue weighted by atomic mass is 16.5. The summed E-state index contributed by atoms with van der Waals surface area (Å²) in [5.74, 6) is 1.02. The molecule has 0 spiro atoms. The molecule has 0 radical (unpaired) electrons. The summed E-state index contributed by atoms with van der Waals surface area (Å²) in [4.78, 5) is 3.32. The molecule has 4 N–H and O–H groups in total. The smallest absolute Gasteiger partial charge is 0.157 e. The maximum absolute atomic E-state index is 10.1. The number of rotatable bonds is 3. The summed E-state index contributed by atoms with van der Waals surface area (Å²) in [7, 11) is 1.64. The molecule has 30 heavy (non-hydrogen) atoms. The number of hydrogen-bond acceptors (Lipinski definition) is 5. The van der Waals surface area contributed by atoms with Gasteiger partial charge in [0.05, 0.1) is 13.7 Å². The molecule has 3 aromatic carbocycles. The second-order valence-corrected chi connectivity index (χ2v) is 7.52. The minimum atomic E-state index is -0.165. The first kappa shape index (κ1) is 18.2. The van der Waals surface area contributed by atoms with Gasteiger partial charge in [-0.2, -0.15) is 0 Å². The fraction of sp³-hybridized carbons (Fsp3) is 0.167. The molecule has 0 bridgehead atoms. The van der Waals surface area contributed by atoms with Crippen LogP contribution >= 0.6 is 0 Å². The summed E-state index contributed by atoms with van der Waals surface area (Å²) in [6, 6.07) is 15.9. The summed E-state index contributed by atoms with van der Waals surface area (Å²) in [6.07, 6.45) is 1.98. The fourth-order valence-electron chi connectivity index (χ4n) is 4.37. The summed E-state index contributed by atoms with van der Waals surface area (Å²) >= 11 is 0. The highest BCUT2D eigenvalue weighted by molar-refractivity contribution is 5.85. The van der Waals surface area contributed by atoms with Crippen LogP contribution in [0.5, 0.6) is 28.7 Å². The third kappa shape index (κ3) is 2.88. The molecular weight excluding hydrogens is 382 g/mol. The maximum atomic E-state index is 10.1. The molecule has 2 atom stereocenters. The van der Waals surface area contributed by atoms with E-state index in [1.807, 2.05) is 36.5 Å². The van der Waals surface area contributed by atoms with E-state index < -0.39 is 0 Å². The van der Waals surface area contributed by atoms with Gasteiger partial charge in [-0.05, 0) is 41.5 Å². The highest BCUT2D eigenvalue weighted by Gasteiger charge is 2.35. The van der Waals surface area contributed by atoms with Crippen LogP contribution in [0.4, 0.5) is 0 Å². The van der Waals surface area contributed by atoms with E-state index in [9.17, 15) is 15.3 Å². The van der Waals surface area contributed by atoms with E-state index in [2.05, 4.69) is 4.98 Å². The molecule has 0 aliphatic carbocycles. The van der Waals surface area contributed by atoms with Crippen molar-refractivity contribution in [2.45, 2.75) is 11.8 Å². The first-order chi connectivity index (χ1) is 14.5. The Morgan fingerprint density at radius 1 is 0.933 bits per heavy atom. The largest absolute Gasteiger partial charge is 0.508 e. The van der Waals surface area contributed by atoms with Gasteiger partial charge in [0, 0.05) is 46.6 Å². The molecule has 2 unspecified atom stereocenters. The number of phenolic OH excluding ortho intramolecular Hbond substituents is 3. The normalized spacial score (nSPS) is 18.0. The van der Waals surface area contributed by atoms with Gasteiger partial charge in [0.15, 0.2) is 11.5 Å². The Kier molecular flexibility index (Phi) is 4.20. The first-order valence-corrected chi connectivity index (χ1v) is 9.68. The van der Waals surface area contributed by atoms with Crippen LogP contribution < -0.4 is 9.47 Å². The van der Waals surface area contributed by atoms with Crippen LogP contribution in [0.15, 0.2) is 60.8 Å². The highest BCUT2D eigenvalue weighted by Crippen LogP contribution is 2.49. The van der Waals surface area contributed by atoms with Crippen LogP contribution in [-0.4, -0.2) is 34.0 Å². The lowest BCUT2D eigenvalue weighted by Crippen LogP contribution is -2.25. The first-order valence-electron chi connectivity index (χ1n) is 9.68. The predicted octanol–water partition coefficient (Wildman–Crippen LogP) is 4.60. The molecule has 2 heterocycles. The summed E-state index contributed by atoms with van der Waals surface area (Å²) in [5.41, 5.74) is 3.82. The van der Waals surface area contributed by atoms with Crippen molar-refractivity contribution in [2.75, 3.05) is 13.7 Å². The average Bonchev–Trinajstić information content (AvgIpc) is 3.17. The van der Waals surface area contributed by atoms with Crippen LogP contribution in [0.2, 0.25) is 0 Å². The number of hydrogen-bond donors (Lipinski definition) is 4. The lowest BCUT2D eigenvalue weighted by Gasteiger charge is -2.34. The molecular formula is C24H21NO5. The number of H-pyrrole nitrogens is 1. The molecule has 0 saturated carbocycles. The number of methoxy groups -OCH3 is 1. The Bertz CT molecular complexity index is 1250. The van der Waals surface area contributed by atoms with Gasteiger partial charge in [0.2, 0.25) is 0 Å². The molecule has 6 nitrogen and oxygen atoms in total. The molecule has 1 aromatic heterocycles. The van der Waals surface area contributed by atoms with E-state index in [0.29, 0.717) is 12.4 Å². The van der Waals surface area contributed by atoms with E-state index in [1.165, 1.54) is 6.07 Å². The van der Waals surface area contributed by atoms with Crippen LogP contribution in [0.25, 0.3) is 10.9 Å². The van der Waals surface area contributed by atoms with Gasteiger partial charge in [0.25, 0.3) is 0 Å². The minimum Gasteiger partial charge on any atom is -0.508 e. The number of ether oxygens (including phenoxy) is 2. The molecule has 1 aliphatic heterocycles. The van der Waals surface area contributed by atoms with Crippen molar-refractivity contribution in [3.05, 3.63) is 77.5 Å². The van der Waals surface area contributed by atoms with Crippen molar-refractivity contribution in [3.63, 3.8) is 0 Å². The second kappa shape index (κ2) is 6.91. The van der Waals surface area contributed by atoms with Gasteiger partial charge in [-0.25, -0.2) is 0 Å². The van der Waals surface area contributed by atoms with E-state index in [4.69, 9.17) is 9.47 Å². The molecule has 152 valence electrons. The number of nitrogens with one attached hydrogen (secondary N) is 1. The zero-order valence-electron chi connectivity index (χ0n) is 16.3. The Morgan fingerprint density at radius 3 is 2.60 bits per heavy atom. The zero-order valence-corrected chi connectivity index (χ0v) is 16.3. The monoisotopic (exact) mass is 403 g/mol. The Hall–Kier alpha value is -3.80. The van der Waals surface area contributed by atoms with Gasteiger partial charge in [0.1, 0.15) is 17.2 Å². The Labute approximate surface area is 173 Å². The Morgan fingerprint density at radius 2 is 1.80 bits per heavy atom. The minimum absolute atomic E-state index is 0.0480. The van der Waals surface area contributed by atoms with Gasteiger partial charge in [-0.3, -0.25) is 0 Å². The van der Waals surface area contributed by atoms with Crippen molar-refractivity contribution in [2.24, 2.45) is 0 Å². The number of aromatic amines is 1. The van der Waals surface area contributed by atoms with E-state index in [1.54, 1.807) is 25.3 Å². The number of aromatic nitrogens is 1. The fourth-order valence-corrected chi connectivity index (χ4v) is 4.37. The molecule has 0 fully saturated rings. The van der Waals surface area contributed by atoms with E-state index >= 15 is 0 Å². The van der Waals surface area contributed by atoms with Crippen LogP contribution in [0.3, 0.4) is 0 Å². The topological polar surface area (TPSA) is 94.9 Å². The summed E-state index contributed by atoms with van der Waals surface area (Å²) in [6.45, 7) is 0.405. The molecule has 0 saturated heterocycles. The van der Waals surface area contributed by atoms with Crippen molar-refractivity contribution in [1.82, 2.24) is 4.98 Å². The molecule has 6 heteroatoms. The number of aromatic hydroxyl groups is 3. The quantitative estimate of drug-likeness (QED) is 0.375. The standard InChI is InChI=1S/C24H21NO5/c1-29-15-4-6-16-18(11-25-20(16)10-15)19-12-30-23-9-14(26)3-5-17(23)24(19)13-2-7-21(27)22(28)8-13/h2-11,19,24-28H,12H2,1H3. The SMILES string of the molecule is COc1ccc2c(C3COc4cc(O)ccc4C3c3ccc(O)c(O)c3)c[nH]c2c1. The summed E-state index contributed by atoms with van der Waals surface area (Å²) in [5, 5.41) is 30.9. The van der Waals surface area contributed by atoms with Crippen molar-refractivity contribution in [1.29, 1.82) is 0 Å². The van der Waals surface area contributed by atoms with Crippen LogP contribution in [0.1, 0.15) is 28.5 Å². The lowest BCUT2D eigenvalue weighted by atomic mass is 9.75. The second-order valence-electron chi connectivity index (χ2n) is 7.52. The van der Waals surface area contributed by atoms with Gasteiger partial charge >= 0.3 is 0 Å². The maximum Gasteiger partial charge on any atom is 0.157 e. The van der Waals surface area contributed by atoms with Crippen LogP contribution in [-0.2, 0) is 0 Å². The third-order valence-electron chi connectivity index (χ3n) is 5.83. The van der Waals surface area contributed by atoms with Crippen LogP contribution in [0, 0.1) is 0 Å². The molecule has 5 rings (SSSR count). The van der Waals surface area contributed by atoms with E-state index in [0.717, 1.165) is 33.3 Å². The third-order valence-corrected chi connectivity index (χ3v) is 5.83. The molecule has 0 amide bonds. The van der Waals surface area contributed by atoms with Crippen molar-refractivity contribution in [3.8, 4) is 28.7 Å². The van der Waals surface area contributed by atoms with E-state index in [-0.39, 0.29) is 29.1 Å². The number of phenols is 3. The van der Waals surface area contributed by atoms with Crippen molar-refractivity contribution >= 4 is 10.9 Å². The molecule has 1 aliphatic rings. The number of benzene rings is 3. The van der Waals surface area contributed by atoms with Crippen molar-refractivity contribution < 1.29 is 24.8 Å². The predicted molar refractivity (Wildman–Crippen MR) is 113 cm³/mol. The Balaban J connectivity index is 1.68. The summed E-state index contributed by atoms with van der Waals surface area (Å²) < 4.78 is 11.4. The van der Waals surface area contributed by atoms with Gasteiger partial charge < -0.3 is 29.8 Å².